The fraction of sp³-hybridized carbons (Fsp3) is 0.647. The zero-order valence-electron chi connectivity index (χ0n) is 12.8. The molecule has 1 aliphatic carbocycles. The van der Waals surface area contributed by atoms with Gasteiger partial charge >= 0.3 is 0 Å². The van der Waals surface area contributed by atoms with Gasteiger partial charge < -0.3 is 10.5 Å². The molecule has 0 spiro atoms. The first-order chi connectivity index (χ1) is 9.74. The van der Waals surface area contributed by atoms with Gasteiger partial charge in [-0.3, -0.25) is 4.90 Å². The van der Waals surface area contributed by atoms with Crippen LogP contribution in [0, 0.1) is 5.92 Å². The largest absolute Gasteiger partial charge is 0.497 e. The molecule has 20 heavy (non-hydrogen) atoms. The van der Waals surface area contributed by atoms with Crippen LogP contribution in [0.5, 0.6) is 5.75 Å². The van der Waals surface area contributed by atoms with E-state index in [1.165, 1.54) is 37.7 Å². The van der Waals surface area contributed by atoms with Crippen molar-refractivity contribution in [2.24, 2.45) is 11.7 Å². The van der Waals surface area contributed by atoms with Crippen molar-refractivity contribution in [3.05, 3.63) is 29.8 Å². The molecule has 2 unspecified atom stereocenters. The zero-order chi connectivity index (χ0) is 14.4. The van der Waals surface area contributed by atoms with E-state index in [1.54, 1.807) is 7.11 Å². The second kappa shape index (κ2) is 7.65. The molecule has 112 valence electrons. The zero-order valence-corrected chi connectivity index (χ0v) is 12.8. The predicted molar refractivity (Wildman–Crippen MR) is 83.9 cm³/mol. The van der Waals surface area contributed by atoms with Crippen LogP contribution in [0.15, 0.2) is 24.3 Å². The van der Waals surface area contributed by atoms with Crippen molar-refractivity contribution in [1.29, 1.82) is 0 Å². The van der Waals surface area contributed by atoms with E-state index < -0.39 is 0 Å². The van der Waals surface area contributed by atoms with Gasteiger partial charge in [0.25, 0.3) is 0 Å². The first kappa shape index (κ1) is 15.3. The van der Waals surface area contributed by atoms with Crippen LogP contribution < -0.4 is 10.5 Å². The standard InChI is InChI=1S/C17H28N2O/c1-19(13-14-7-6-9-16(11-14)20-2)17-10-5-3-4-8-15(17)12-18/h6-7,9,11,15,17H,3-5,8,10,12-13,18H2,1-2H3. The van der Waals surface area contributed by atoms with Crippen LogP contribution in [0.2, 0.25) is 0 Å². The molecule has 3 heteroatoms. The summed E-state index contributed by atoms with van der Waals surface area (Å²) in [6.07, 6.45) is 6.60. The van der Waals surface area contributed by atoms with Gasteiger partial charge in [0.05, 0.1) is 7.11 Å². The molecule has 2 N–H and O–H groups in total. The molecule has 0 aromatic heterocycles. The van der Waals surface area contributed by atoms with Gasteiger partial charge in [-0.25, -0.2) is 0 Å². The smallest absolute Gasteiger partial charge is 0.119 e. The summed E-state index contributed by atoms with van der Waals surface area (Å²) in [5.41, 5.74) is 7.31. The lowest BCUT2D eigenvalue weighted by Crippen LogP contribution is -2.40. The van der Waals surface area contributed by atoms with E-state index >= 15 is 0 Å². The van der Waals surface area contributed by atoms with Crippen molar-refractivity contribution in [1.82, 2.24) is 4.90 Å². The maximum Gasteiger partial charge on any atom is 0.119 e. The van der Waals surface area contributed by atoms with Gasteiger partial charge in [0, 0.05) is 12.6 Å². The van der Waals surface area contributed by atoms with E-state index in [4.69, 9.17) is 10.5 Å². The van der Waals surface area contributed by atoms with Crippen molar-refractivity contribution in [2.45, 2.75) is 44.7 Å². The molecule has 0 heterocycles. The third kappa shape index (κ3) is 3.97. The second-order valence-corrected chi connectivity index (χ2v) is 5.97. The summed E-state index contributed by atoms with van der Waals surface area (Å²) in [5, 5.41) is 0. The molecule has 2 atom stereocenters. The molecule has 1 fully saturated rings. The van der Waals surface area contributed by atoms with E-state index in [-0.39, 0.29) is 0 Å². The van der Waals surface area contributed by atoms with Crippen molar-refractivity contribution in [3.8, 4) is 5.75 Å². The molecule has 1 aliphatic rings. The fourth-order valence-electron chi connectivity index (χ4n) is 3.40. The van der Waals surface area contributed by atoms with Crippen LogP contribution in [-0.4, -0.2) is 31.6 Å². The van der Waals surface area contributed by atoms with E-state index in [0.29, 0.717) is 12.0 Å². The van der Waals surface area contributed by atoms with Crippen LogP contribution in [0.4, 0.5) is 0 Å². The summed E-state index contributed by atoms with van der Waals surface area (Å²) < 4.78 is 5.31. The lowest BCUT2D eigenvalue weighted by Gasteiger charge is -2.33. The Morgan fingerprint density at radius 2 is 2.05 bits per heavy atom. The van der Waals surface area contributed by atoms with Gasteiger partial charge in [-0.2, -0.15) is 0 Å². The van der Waals surface area contributed by atoms with Crippen LogP contribution in [0.3, 0.4) is 0 Å². The number of methoxy groups -OCH3 is 1. The van der Waals surface area contributed by atoms with Gasteiger partial charge in [-0.1, -0.05) is 31.4 Å². The Morgan fingerprint density at radius 3 is 2.80 bits per heavy atom. The van der Waals surface area contributed by atoms with Crippen LogP contribution in [-0.2, 0) is 6.54 Å². The van der Waals surface area contributed by atoms with E-state index in [2.05, 4.69) is 30.1 Å². The summed E-state index contributed by atoms with van der Waals surface area (Å²) in [6.45, 7) is 1.78. The molecule has 2 rings (SSSR count). The van der Waals surface area contributed by atoms with E-state index in [0.717, 1.165) is 18.8 Å². The molecular weight excluding hydrogens is 248 g/mol. The normalized spacial score (nSPS) is 23.6. The quantitative estimate of drug-likeness (QED) is 0.840. The summed E-state index contributed by atoms with van der Waals surface area (Å²) >= 11 is 0. The SMILES string of the molecule is COc1cccc(CN(C)C2CCCCCC2CN)c1. The molecule has 1 aromatic rings. The third-order valence-electron chi connectivity index (χ3n) is 4.55. The minimum Gasteiger partial charge on any atom is -0.497 e. The number of hydrogen-bond acceptors (Lipinski definition) is 3. The monoisotopic (exact) mass is 276 g/mol. The van der Waals surface area contributed by atoms with Gasteiger partial charge in [-0.15, -0.1) is 0 Å². The molecule has 1 aromatic carbocycles. The fourth-order valence-corrected chi connectivity index (χ4v) is 3.40. The second-order valence-electron chi connectivity index (χ2n) is 5.97. The van der Waals surface area contributed by atoms with Crippen molar-refractivity contribution in [2.75, 3.05) is 20.7 Å². The van der Waals surface area contributed by atoms with Crippen molar-refractivity contribution in [3.63, 3.8) is 0 Å². The molecule has 3 nitrogen and oxygen atoms in total. The van der Waals surface area contributed by atoms with Crippen molar-refractivity contribution >= 4 is 0 Å². The van der Waals surface area contributed by atoms with E-state index in [1.807, 2.05) is 6.07 Å². The Bertz CT molecular complexity index is 408. The lowest BCUT2D eigenvalue weighted by molar-refractivity contribution is 0.161. The highest BCUT2D eigenvalue weighted by Crippen LogP contribution is 2.27. The topological polar surface area (TPSA) is 38.5 Å². The Labute approximate surface area is 123 Å². The van der Waals surface area contributed by atoms with Crippen LogP contribution >= 0.6 is 0 Å². The highest BCUT2D eigenvalue weighted by atomic mass is 16.5. The Balaban J connectivity index is 2.02. The van der Waals surface area contributed by atoms with Crippen LogP contribution in [0.1, 0.15) is 37.7 Å². The molecule has 1 saturated carbocycles. The molecule has 0 saturated heterocycles. The lowest BCUT2D eigenvalue weighted by atomic mass is 9.93. The maximum atomic E-state index is 5.99. The molecule has 0 aliphatic heterocycles. The number of nitrogens with zero attached hydrogens (tertiary/aromatic N) is 1. The number of nitrogens with two attached hydrogens (primary N) is 1. The Morgan fingerprint density at radius 1 is 1.25 bits per heavy atom. The molecule has 0 radical (unpaired) electrons. The third-order valence-corrected chi connectivity index (χ3v) is 4.55. The summed E-state index contributed by atoms with van der Waals surface area (Å²) in [6, 6.07) is 8.99. The Hall–Kier alpha value is -1.06. The first-order valence-electron chi connectivity index (χ1n) is 7.78. The summed E-state index contributed by atoms with van der Waals surface area (Å²) in [7, 11) is 3.96. The number of hydrogen-bond donors (Lipinski definition) is 1. The highest BCUT2D eigenvalue weighted by Gasteiger charge is 2.25. The first-order valence-corrected chi connectivity index (χ1v) is 7.78. The molecule has 0 amide bonds. The minimum atomic E-state index is 0.619. The van der Waals surface area contributed by atoms with E-state index in [9.17, 15) is 0 Å². The van der Waals surface area contributed by atoms with Crippen molar-refractivity contribution < 1.29 is 4.74 Å². The molecular formula is C17H28N2O. The minimum absolute atomic E-state index is 0.619. The number of benzene rings is 1. The van der Waals surface area contributed by atoms with Gasteiger partial charge in [-0.05, 0) is 50.0 Å². The summed E-state index contributed by atoms with van der Waals surface area (Å²) in [5.74, 6) is 1.58. The number of ether oxygens (including phenoxy) is 1. The molecule has 0 bridgehead atoms. The predicted octanol–water partition coefficient (Wildman–Crippen LogP) is 3.03. The van der Waals surface area contributed by atoms with Gasteiger partial charge in [0.1, 0.15) is 5.75 Å². The average Bonchev–Trinajstić information content (AvgIpc) is 2.72. The summed E-state index contributed by atoms with van der Waals surface area (Å²) in [4.78, 5) is 2.48. The van der Waals surface area contributed by atoms with Gasteiger partial charge in [0.15, 0.2) is 0 Å². The van der Waals surface area contributed by atoms with Crippen LogP contribution in [0.25, 0.3) is 0 Å². The maximum absolute atomic E-state index is 5.99. The number of rotatable bonds is 5. The Kier molecular flexibility index (Phi) is 5.86. The highest BCUT2D eigenvalue weighted by molar-refractivity contribution is 5.28. The van der Waals surface area contributed by atoms with Gasteiger partial charge in [0.2, 0.25) is 0 Å². The average molecular weight is 276 g/mol.